The number of anilines is 1. The van der Waals surface area contributed by atoms with Gasteiger partial charge in [-0.1, -0.05) is 31.0 Å². The lowest BCUT2D eigenvalue weighted by Crippen LogP contribution is -2.41. The summed E-state index contributed by atoms with van der Waals surface area (Å²) in [6.07, 6.45) is 1.26. The summed E-state index contributed by atoms with van der Waals surface area (Å²) in [4.78, 5) is 22.6. The molecule has 0 spiro atoms. The van der Waals surface area contributed by atoms with Crippen LogP contribution >= 0.6 is 0 Å². The van der Waals surface area contributed by atoms with Crippen LogP contribution in [-0.2, 0) is 9.59 Å². The highest BCUT2D eigenvalue weighted by molar-refractivity contribution is 5.92. The lowest BCUT2D eigenvalue weighted by Gasteiger charge is -2.13. The van der Waals surface area contributed by atoms with E-state index in [0.29, 0.717) is 12.1 Å². The Morgan fingerprint density at radius 1 is 1.26 bits per heavy atom. The first-order chi connectivity index (χ1) is 9.02. The standard InChI is InChI=1S/C14H20N2O3/c1-3-4-12(14(18)19)15-9-13(17)16-11-7-5-10(2)6-8-11/h5-8,12,15H,3-4,9H2,1-2H3,(H,16,17)(H,18,19). The van der Waals surface area contributed by atoms with E-state index in [1.807, 2.05) is 38.1 Å². The van der Waals surface area contributed by atoms with Crippen LogP contribution in [0.1, 0.15) is 25.3 Å². The quantitative estimate of drug-likeness (QED) is 0.701. The van der Waals surface area contributed by atoms with Gasteiger partial charge in [0.1, 0.15) is 6.04 Å². The predicted octanol–water partition coefficient (Wildman–Crippen LogP) is 1.78. The molecule has 0 saturated carbocycles. The van der Waals surface area contributed by atoms with Crippen molar-refractivity contribution in [2.24, 2.45) is 0 Å². The van der Waals surface area contributed by atoms with E-state index in [4.69, 9.17) is 5.11 Å². The molecule has 0 saturated heterocycles. The summed E-state index contributed by atoms with van der Waals surface area (Å²) < 4.78 is 0. The average Bonchev–Trinajstić information content (AvgIpc) is 2.37. The van der Waals surface area contributed by atoms with Gasteiger partial charge < -0.3 is 10.4 Å². The number of benzene rings is 1. The molecule has 1 rings (SSSR count). The third kappa shape index (κ3) is 5.52. The first-order valence-electron chi connectivity index (χ1n) is 6.35. The van der Waals surface area contributed by atoms with Crippen LogP contribution in [0.2, 0.25) is 0 Å². The molecule has 104 valence electrons. The van der Waals surface area contributed by atoms with Gasteiger partial charge in [-0.3, -0.25) is 14.9 Å². The third-order valence-corrected chi connectivity index (χ3v) is 2.72. The zero-order valence-electron chi connectivity index (χ0n) is 11.3. The van der Waals surface area contributed by atoms with E-state index in [9.17, 15) is 9.59 Å². The Morgan fingerprint density at radius 2 is 1.89 bits per heavy atom. The number of carboxylic acids is 1. The summed E-state index contributed by atoms with van der Waals surface area (Å²) in [5, 5.41) is 14.4. The Kier molecular flexibility index (Phi) is 6.02. The van der Waals surface area contributed by atoms with Gasteiger partial charge >= 0.3 is 5.97 Å². The molecule has 1 aromatic rings. The highest BCUT2D eigenvalue weighted by Crippen LogP contribution is 2.08. The molecule has 0 aliphatic heterocycles. The number of hydrogen-bond acceptors (Lipinski definition) is 3. The topological polar surface area (TPSA) is 78.4 Å². The number of nitrogens with one attached hydrogen (secondary N) is 2. The fourth-order valence-corrected chi connectivity index (χ4v) is 1.66. The predicted molar refractivity (Wildman–Crippen MR) is 74.1 cm³/mol. The SMILES string of the molecule is CCCC(NCC(=O)Nc1ccc(C)cc1)C(=O)O. The lowest BCUT2D eigenvalue weighted by atomic mass is 10.1. The van der Waals surface area contributed by atoms with Gasteiger partial charge in [-0.15, -0.1) is 0 Å². The van der Waals surface area contributed by atoms with Crippen LogP contribution in [0.15, 0.2) is 24.3 Å². The van der Waals surface area contributed by atoms with Crippen molar-refractivity contribution >= 4 is 17.6 Å². The minimum atomic E-state index is -0.926. The first kappa shape index (κ1) is 15.2. The monoisotopic (exact) mass is 264 g/mol. The minimum Gasteiger partial charge on any atom is -0.480 e. The number of rotatable bonds is 7. The van der Waals surface area contributed by atoms with Crippen LogP contribution in [0.3, 0.4) is 0 Å². The van der Waals surface area contributed by atoms with Gasteiger partial charge in [0.2, 0.25) is 5.91 Å². The van der Waals surface area contributed by atoms with Gasteiger partial charge in [0.15, 0.2) is 0 Å². The van der Waals surface area contributed by atoms with Crippen molar-refractivity contribution in [3.63, 3.8) is 0 Å². The van der Waals surface area contributed by atoms with Gasteiger partial charge in [-0.05, 0) is 25.5 Å². The normalized spacial score (nSPS) is 11.9. The summed E-state index contributed by atoms with van der Waals surface area (Å²) in [7, 11) is 0. The van der Waals surface area contributed by atoms with E-state index < -0.39 is 12.0 Å². The summed E-state index contributed by atoms with van der Waals surface area (Å²) in [5.41, 5.74) is 1.82. The molecule has 3 N–H and O–H groups in total. The Morgan fingerprint density at radius 3 is 2.42 bits per heavy atom. The van der Waals surface area contributed by atoms with Gasteiger partial charge in [0, 0.05) is 5.69 Å². The second kappa shape index (κ2) is 7.53. The van der Waals surface area contributed by atoms with Crippen molar-refractivity contribution in [2.45, 2.75) is 32.7 Å². The van der Waals surface area contributed by atoms with Crippen molar-refractivity contribution in [1.82, 2.24) is 5.32 Å². The highest BCUT2D eigenvalue weighted by Gasteiger charge is 2.16. The lowest BCUT2D eigenvalue weighted by molar-refractivity contribution is -0.139. The van der Waals surface area contributed by atoms with Gasteiger partial charge in [0.25, 0.3) is 0 Å². The number of carbonyl (C=O) groups excluding carboxylic acids is 1. The van der Waals surface area contributed by atoms with Crippen molar-refractivity contribution < 1.29 is 14.7 Å². The second-order valence-electron chi connectivity index (χ2n) is 4.47. The molecule has 0 aromatic heterocycles. The second-order valence-corrected chi connectivity index (χ2v) is 4.47. The number of aliphatic carboxylic acids is 1. The molecule has 19 heavy (non-hydrogen) atoms. The van der Waals surface area contributed by atoms with Crippen LogP contribution in [0, 0.1) is 6.92 Å². The zero-order valence-corrected chi connectivity index (χ0v) is 11.3. The van der Waals surface area contributed by atoms with E-state index in [0.717, 1.165) is 12.0 Å². The van der Waals surface area contributed by atoms with E-state index >= 15 is 0 Å². The highest BCUT2D eigenvalue weighted by atomic mass is 16.4. The van der Waals surface area contributed by atoms with Crippen molar-refractivity contribution in [1.29, 1.82) is 0 Å². The first-order valence-corrected chi connectivity index (χ1v) is 6.35. The Balaban J connectivity index is 2.42. The molecule has 0 radical (unpaired) electrons. The van der Waals surface area contributed by atoms with Gasteiger partial charge in [-0.25, -0.2) is 0 Å². The Hall–Kier alpha value is -1.88. The molecule has 1 aromatic carbocycles. The number of carboxylic acid groups (broad SMARTS) is 1. The minimum absolute atomic E-state index is 0.00908. The van der Waals surface area contributed by atoms with Gasteiger partial charge in [-0.2, -0.15) is 0 Å². The molecule has 5 nitrogen and oxygen atoms in total. The van der Waals surface area contributed by atoms with Crippen LogP contribution < -0.4 is 10.6 Å². The molecular weight excluding hydrogens is 244 g/mol. The van der Waals surface area contributed by atoms with E-state index in [1.165, 1.54) is 0 Å². The molecule has 0 bridgehead atoms. The van der Waals surface area contributed by atoms with Crippen LogP contribution in [0.4, 0.5) is 5.69 Å². The molecule has 1 atom stereocenters. The fourth-order valence-electron chi connectivity index (χ4n) is 1.66. The molecule has 0 aliphatic carbocycles. The average molecular weight is 264 g/mol. The maximum Gasteiger partial charge on any atom is 0.320 e. The molecule has 5 heteroatoms. The molecule has 0 aliphatic rings. The van der Waals surface area contributed by atoms with Crippen LogP contribution in [0.25, 0.3) is 0 Å². The molecule has 0 heterocycles. The number of amides is 1. The molecule has 0 fully saturated rings. The summed E-state index contributed by atoms with van der Waals surface area (Å²) in [6.45, 7) is 3.87. The summed E-state index contributed by atoms with van der Waals surface area (Å²) in [6, 6.07) is 6.76. The van der Waals surface area contributed by atoms with Crippen LogP contribution in [0.5, 0.6) is 0 Å². The number of carbonyl (C=O) groups is 2. The van der Waals surface area contributed by atoms with Gasteiger partial charge in [0.05, 0.1) is 6.54 Å². The zero-order chi connectivity index (χ0) is 14.3. The maximum absolute atomic E-state index is 11.7. The third-order valence-electron chi connectivity index (χ3n) is 2.72. The number of hydrogen-bond donors (Lipinski definition) is 3. The largest absolute Gasteiger partial charge is 0.480 e. The van der Waals surface area contributed by atoms with Crippen molar-refractivity contribution in [2.75, 3.05) is 11.9 Å². The fraction of sp³-hybridized carbons (Fsp3) is 0.429. The number of aryl methyl sites for hydroxylation is 1. The Labute approximate surface area is 113 Å². The van der Waals surface area contributed by atoms with Crippen molar-refractivity contribution in [3.05, 3.63) is 29.8 Å². The van der Waals surface area contributed by atoms with Crippen molar-refractivity contribution in [3.8, 4) is 0 Å². The summed E-state index contributed by atoms with van der Waals surface area (Å²) in [5.74, 6) is -1.17. The van der Waals surface area contributed by atoms with Crippen LogP contribution in [-0.4, -0.2) is 29.6 Å². The van der Waals surface area contributed by atoms with E-state index in [1.54, 1.807) is 0 Å². The summed E-state index contributed by atoms with van der Waals surface area (Å²) >= 11 is 0. The van der Waals surface area contributed by atoms with E-state index in [2.05, 4.69) is 10.6 Å². The Bertz CT molecular complexity index is 429. The van der Waals surface area contributed by atoms with E-state index in [-0.39, 0.29) is 12.5 Å². The molecule has 1 amide bonds. The molecule has 1 unspecified atom stereocenters. The smallest absolute Gasteiger partial charge is 0.320 e. The maximum atomic E-state index is 11.7. The molecular formula is C14H20N2O3.